The van der Waals surface area contributed by atoms with Crippen molar-refractivity contribution in [1.29, 1.82) is 5.26 Å². The molecule has 1 N–H and O–H groups in total. The lowest BCUT2D eigenvalue weighted by atomic mass is 10.1. The van der Waals surface area contributed by atoms with Gasteiger partial charge < -0.3 is 14.8 Å². The number of nitrogens with zero attached hydrogens (tertiary/aromatic N) is 1. The summed E-state index contributed by atoms with van der Waals surface area (Å²) in [4.78, 5) is 11.3. The maximum Gasteiger partial charge on any atom is 0.234 e. The van der Waals surface area contributed by atoms with Crippen molar-refractivity contribution in [3.63, 3.8) is 0 Å². The molecule has 136 valence electrons. The lowest BCUT2D eigenvalue weighted by molar-refractivity contribution is -0.120. The van der Waals surface area contributed by atoms with Gasteiger partial charge in [0.15, 0.2) is 0 Å². The van der Waals surface area contributed by atoms with Crippen LogP contribution < -0.4 is 14.8 Å². The predicted molar refractivity (Wildman–Crippen MR) is 100 cm³/mol. The molecule has 0 aliphatic carbocycles. The summed E-state index contributed by atoms with van der Waals surface area (Å²) in [5.74, 6) is 1.41. The maximum absolute atomic E-state index is 11.3. The van der Waals surface area contributed by atoms with Crippen molar-refractivity contribution in [2.24, 2.45) is 0 Å². The van der Waals surface area contributed by atoms with E-state index in [0.717, 1.165) is 22.6 Å². The molecule has 2 aromatic carbocycles. The number of hydrogen-bond donors (Lipinski definition) is 1. The topological polar surface area (TPSA) is 71.3 Å². The fourth-order valence-electron chi connectivity index (χ4n) is 2.45. The van der Waals surface area contributed by atoms with Crippen LogP contribution in [0.1, 0.15) is 23.1 Å². The summed E-state index contributed by atoms with van der Waals surface area (Å²) >= 11 is 0. The van der Waals surface area contributed by atoms with E-state index in [9.17, 15) is 4.79 Å². The van der Waals surface area contributed by atoms with Crippen molar-refractivity contribution in [3.8, 4) is 17.6 Å². The zero-order valence-corrected chi connectivity index (χ0v) is 15.2. The molecule has 0 aliphatic rings. The summed E-state index contributed by atoms with van der Waals surface area (Å²) in [5, 5.41) is 11.2. The van der Waals surface area contributed by atoms with E-state index in [-0.39, 0.29) is 12.3 Å². The third kappa shape index (κ3) is 6.48. The van der Waals surface area contributed by atoms with Gasteiger partial charge in [-0.1, -0.05) is 24.3 Å². The highest BCUT2D eigenvalue weighted by molar-refractivity contribution is 5.77. The summed E-state index contributed by atoms with van der Waals surface area (Å²) in [6, 6.07) is 15.7. The molecule has 0 spiro atoms. The number of hydrogen-bond acceptors (Lipinski definition) is 4. The molecule has 0 heterocycles. The molecule has 0 saturated heterocycles. The van der Waals surface area contributed by atoms with E-state index in [1.807, 2.05) is 56.3 Å². The Morgan fingerprint density at radius 2 is 1.92 bits per heavy atom. The van der Waals surface area contributed by atoms with Gasteiger partial charge in [-0.25, -0.2) is 0 Å². The number of nitriles is 1. The van der Waals surface area contributed by atoms with Gasteiger partial charge in [0, 0.05) is 6.54 Å². The van der Waals surface area contributed by atoms with E-state index in [2.05, 4.69) is 11.4 Å². The van der Waals surface area contributed by atoms with Crippen molar-refractivity contribution in [2.75, 3.05) is 19.8 Å². The van der Waals surface area contributed by atoms with Crippen molar-refractivity contribution in [3.05, 3.63) is 59.2 Å². The molecule has 0 saturated carbocycles. The van der Waals surface area contributed by atoms with E-state index in [4.69, 9.17) is 14.7 Å². The molecular formula is C21H24N2O3. The molecule has 5 nitrogen and oxygen atoms in total. The molecule has 2 rings (SSSR count). The molecule has 0 radical (unpaired) electrons. The average molecular weight is 352 g/mol. The Hall–Kier alpha value is -3.00. The first-order valence-electron chi connectivity index (χ1n) is 8.64. The Balaban J connectivity index is 1.75. The lowest BCUT2D eigenvalue weighted by Gasteiger charge is -2.12. The molecule has 0 aromatic heterocycles. The number of rotatable bonds is 9. The number of ether oxygens (including phenoxy) is 2. The van der Waals surface area contributed by atoms with Crippen LogP contribution in [0.4, 0.5) is 0 Å². The van der Waals surface area contributed by atoms with Crippen LogP contribution in [0.3, 0.4) is 0 Å². The molecule has 1 amide bonds. The van der Waals surface area contributed by atoms with Gasteiger partial charge in [0.05, 0.1) is 6.07 Å². The third-order valence-corrected chi connectivity index (χ3v) is 3.83. The minimum absolute atomic E-state index is 0.108. The number of amides is 1. The van der Waals surface area contributed by atoms with Gasteiger partial charge in [0.1, 0.15) is 31.1 Å². The quantitative estimate of drug-likeness (QED) is 0.703. The van der Waals surface area contributed by atoms with Gasteiger partial charge in [0.2, 0.25) is 5.91 Å². The zero-order chi connectivity index (χ0) is 18.8. The lowest BCUT2D eigenvalue weighted by Crippen LogP contribution is -2.24. The molecule has 2 aromatic rings. The first kappa shape index (κ1) is 19.3. The summed E-state index contributed by atoms with van der Waals surface area (Å²) in [6.07, 6.45) is 0.580. The minimum Gasteiger partial charge on any atom is -0.490 e. The highest BCUT2D eigenvalue weighted by Gasteiger charge is 2.02. The molecule has 0 aliphatic heterocycles. The fourth-order valence-corrected chi connectivity index (χ4v) is 2.45. The molecule has 0 bridgehead atoms. The van der Waals surface area contributed by atoms with Crippen LogP contribution in [-0.2, 0) is 11.2 Å². The van der Waals surface area contributed by atoms with Gasteiger partial charge in [-0.3, -0.25) is 4.79 Å². The number of nitrogens with one attached hydrogen (secondary N) is 1. The van der Waals surface area contributed by atoms with Gasteiger partial charge >= 0.3 is 0 Å². The van der Waals surface area contributed by atoms with Crippen molar-refractivity contribution in [2.45, 2.75) is 26.7 Å². The Labute approximate surface area is 154 Å². The van der Waals surface area contributed by atoms with Crippen molar-refractivity contribution >= 4 is 5.91 Å². The minimum atomic E-state index is -0.247. The molecule has 0 unspecified atom stereocenters. The van der Waals surface area contributed by atoms with Gasteiger partial charge in [-0.2, -0.15) is 5.26 Å². The van der Waals surface area contributed by atoms with Crippen LogP contribution in [0.5, 0.6) is 11.5 Å². The number of carbonyl (C=O) groups excluding carboxylic acids is 1. The second kappa shape index (κ2) is 10.1. The molecule has 5 heteroatoms. The summed E-state index contributed by atoms with van der Waals surface area (Å²) in [7, 11) is 0. The smallest absolute Gasteiger partial charge is 0.234 e. The highest BCUT2D eigenvalue weighted by Crippen LogP contribution is 2.19. The van der Waals surface area contributed by atoms with Crippen molar-refractivity contribution < 1.29 is 14.3 Å². The molecule has 0 fully saturated rings. The number of carbonyl (C=O) groups is 1. The Morgan fingerprint density at radius 3 is 2.73 bits per heavy atom. The van der Waals surface area contributed by atoms with Crippen LogP contribution in [0, 0.1) is 25.2 Å². The van der Waals surface area contributed by atoms with E-state index >= 15 is 0 Å². The Bertz CT molecular complexity index is 781. The number of benzene rings is 2. The SMILES string of the molecule is Cc1ccc(C)c(OCCOc2cccc(CCNC(=O)CC#N)c2)c1. The largest absolute Gasteiger partial charge is 0.490 e. The Kier molecular flexibility index (Phi) is 7.50. The third-order valence-electron chi connectivity index (χ3n) is 3.83. The van der Waals surface area contributed by atoms with E-state index in [1.165, 1.54) is 5.56 Å². The van der Waals surface area contributed by atoms with Crippen LogP contribution >= 0.6 is 0 Å². The van der Waals surface area contributed by atoms with Gasteiger partial charge in [-0.15, -0.1) is 0 Å². The zero-order valence-electron chi connectivity index (χ0n) is 15.2. The Morgan fingerprint density at radius 1 is 1.12 bits per heavy atom. The van der Waals surface area contributed by atoms with E-state index in [1.54, 1.807) is 0 Å². The first-order valence-corrected chi connectivity index (χ1v) is 8.64. The monoisotopic (exact) mass is 352 g/mol. The highest BCUT2D eigenvalue weighted by atomic mass is 16.5. The second-order valence-corrected chi connectivity index (χ2v) is 6.05. The first-order chi connectivity index (χ1) is 12.6. The van der Waals surface area contributed by atoms with Gasteiger partial charge in [-0.05, 0) is 55.2 Å². The summed E-state index contributed by atoms with van der Waals surface area (Å²) in [5.41, 5.74) is 3.34. The average Bonchev–Trinajstić information content (AvgIpc) is 2.62. The maximum atomic E-state index is 11.3. The van der Waals surface area contributed by atoms with Crippen LogP contribution in [0.2, 0.25) is 0 Å². The van der Waals surface area contributed by atoms with Crippen molar-refractivity contribution in [1.82, 2.24) is 5.32 Å². The van der Waals surface area contributed by atoms with E-state index in [0.29, 0.717) is 26.2 Å². The van der Waals surface area contributed by atoms with Crippen LogP contribution in [-0.4, -0.2) is 25.7 Å². The summed E-state index contributed by atoms with van der Waals surface area (Å²) in [6.45, 7) is 5.49. The second-order valence-electron chi connectivity index (χ2n) is 6.05. The van der Waals surface area contributed by atoms with Crippen LogP contribution in [0.25, 0.3) is 0 Å². The molecule has 0 atom stereocenters. The fraction of sp³-hybridized carbons (Fsp3) is 0.333. The molecular weight excluding hydrogens is 328 g/mol. The standard InChI is InChI=1S/C21H24N2O3/c1-16-6-7-17(2)20(14-16)26-13-12-25-19-5-3-4-18(15-19)9-11-23-21(24)8-10-22/h3-7,14-15H,8-9,11-13H2,1-2H3,(H,23,24). The molecule has 26 heavy (non-hydrogen) atoms. The van der Waals surface area contributed by atoms with Crippen LogP contribution in [0.15, 0.2) is 42.5 Å². The number of aryl methyl sites for hydroxylation is 2. The van der Waals surface area contributed by atoms with E-state index < -0.39 is 0 Å². The predicted octanol–water partition coefficient (Wildman–Crippen LogP) is 3.33. The van der Waals surface area contributed by atoms with Gasteiger partial charge in [0.25, 0.3) is 0 Å². The normalized spacial score (nSPS) is 10.0. The summed E-state index contributed by atoms with van der Waals surface area (Å²) < 4.78 is 11.5.